The standard InChI is InChI=1S/C24H29N5O2/c1-2-13-29(24(31)20-9-6-10-20)18-23(30)28-16-14-27(15-17-28)22-12-11-21(25-26-22)19-7-4-3-5-8-19/h2-5,7-8,11-12,20H,1,6,9-10,13-18H2. The molecule has 0 atom stereocenters. The van der Waals surface area contributed by atoms with Gasteiger partial charge in [-0.15, -0.1) is 16.8 Å². The second-order valence-electron chi connectivity index (χ2n) is 8.15. The van der Waals surface area contributed by atoms with Gasteiger partial charge in [0, 0.05) is 44.2 Å². The summed E-state index contributed by atoms with van der Waals surface area (Å²) in [5.74, 6) is 0.994. The molecule has 1 aliphatic heterocycles. The van der Waals surface area contributed by atoms with Gasteiger partial charge in [0.15, 0.2) is 5.82 Å². The molecule has 0 N–H and O–H groups in total. The Morgan fingerprint density at radius 2 is 1.77 bits per heavy atom. The van der Waals surface area contributed by atoms with Gasteiger partial charge in [0.25, 0.3) is 0 Å². The Kier molecular flexibility index (Phi) is 6.60. The normalized spacial score (nSPS) is 16.5. The third kappa shape index (κ3) is 4.93. The molecule has 2 amide bonds. The van der Waals surface area contributed by atoms with Crippen molar-refractivity contribution in [1.29, 1.82) is 0 Å². The lowest BCUT2D eigenvalue weighted by Crippen LogP contribution is -2.52. The number of hydrogen-bond donors (Lipinski definition) is 0. The predicted octanol–water partition coefficient (Wildman–Crippen LogP) is 2.61. The summed E-state index contributed by atoms with van der Waals surface area (Å²) in [5.41, 5.74) is 1.88. The maximum absolute atomic E-state index is 12.8. The van der Waals surface area contributed by atoms with Gasteiger partial charge in [-0.3, -0.25) is 9.59 Å². The van der Waals surface area contributed by atoms with Crippen LogP contribution in [0.5, 0.6) is 0 Å². The van der Waals surface area contributed by atoms with E-state index >= 15 is 0 Å². The summed E-state index contributed by atoms with van der Waals surface area (Å²) < 4.78 is 0. The van der Waals surface area contributed by atoms with Crippen LogP contribution in [0.15, 0.2) is 55.1 Å². The second kappa shape index (κ2) is 9.73. The van der Waals surface area contributed by atoms with E-state index in [1.807, 2.05) is 47.4 Å². The van der Waals surface area contributed by atoms with Gasteiger partial charge < -0.3 is 14.7 Å². The Labute approximate surface area is 183 Å². The Morgan fingerprint density at radius 3 is 2.35 bits per heavy atom. The van der Waals surface area contributed by atoms with Gasteiger partial charge in [0.1, 0.15) is 6.54 Å². The van der Waals surface area contributed by atoms with Gasteiger partial charge in [-0.25, -0.2) is 0 Å². The SMILES string of the molecule is C=CCN(CC(=O)N1CCN(c2ccc(-c3ccccc3)nn2)CC1)C(=O)C1CCC1. The van der Waals surface area contributed by atoms with Crippen LogP contribution < -0.4 is 4.90 Å². The van der Waals surface area contributed by atoms with Crippen LogP contribution in [0.4, 0.5) is 5.82 Å². The molecule has 1 saturated carbocycles. The molecular weight excluding hydrogens is 390 g/mol. The van der Waals surface area contributed by atoms with Crippen molar-refractivity contribution in [3.05, 3.63) is 55.1 Å². The average Bonchev–Trinajstić information content (AvgIpc) is 2.78. The van der Waals surface area contributed by atoms with Crippen molar-refractivity contribution in [1.82, 2.24) is 20.0 Å². The van der Waals surface area contributed by atoms with Crippen LogP contribution in [0.1, 0.15) is 19.3 Å². The highest BCUT2D eigenvalue weighted by atomic mass is 16.2. The monoisotopic (exact) mass is 419 g/mol. The van der Waals surface area contributed by atoms with E-state index in [2.05, 4.69) is 21.7 Å². The number of piperazine rings is 1. The number of benzene rings is 1. The molecular formula is C24H29N5O2. The van der Waals surface area contributed by atoms with E-state index in [-0.39, 0.29) is 24.3 Å². The zero-order chi connectivity index (χ0) is 21.6. The molecule has 0 radical (unpaired) electrons. The number of nitrogens with zero attached hydrogens (tertiary/aromatic N) is 5. The Balaban J connectivity index is 1.31. The average molecular weight is 420 g/mol. The zero-order valence-corrected chi connectivity index (χ0v) is 17.8. The van der Waals surface area contributed by atoms with E-state index in [4.69, 9.17) is 0 Å². The van der Waals surface area contributed by atoms with Crippen LogP contribution in [0.3, 0.4) is 0 Å². The molecule has 4 rings (SSSR count). The van der Waals surface area contributed by atoms with Gasteiger partial charge >= 0.3 is 0 Å². The largest absolute Gasteiger partial charge is 0.352 e. The molecule has 2 heterocycles. The van der Waals surface area contributed by atoms with Crippen LogP contribution >= 0.6 is 0 Å². The fourth-order valence-electron chi connectivity index (χ4n) is 4.01. The van der Waals surface area contributed by atoms with E-state index in [9.17, 15) is 9.59 Å². The van der Waals surface area contributed by atoms with Crippen molar-refractivity contribution < 1.29 is 9.59 Å². The molecule has 1 aromatic carbocycles. The minimum Gasteiger partial charge on any atom is -0.352 e. The number of aromatic nitrogens is 2. The van der Waals surface area contributed by atoms with Gasteiger partial charge in [-0.2, -0.15) is 0 Å². The number of carbonyl (C=O) groups excluding carboxylic acids is 2. The first-order valence-electron chi connectivity index (χ1n) is 11.0. The molecule has 0 unspecified atom stereocenters. The van der Waals surface area contributed by atoms with E-state index in [0.29, 0.717) is 32.7 Å². The molecule has 1 aromatic heterocycles. The van der Waals surface area contributed by atoms with Crippen LogP contribution in [0, 0.1) is 5.92 Å². The number of carbonyl (C=O) groups is 2. The summed E-state index contributed by atoms with van der Waals surface area (Å²) in [6, 6.07) is 13.9. The molecule has 31 heavy (non-hydrogen) atoms. The van der Waals surface area contributed by atoms with E-state index < -0.39 is 0 Å². The topological polar surface area (TPSA) is 69.6 Å². The summed E-state index contributed by atoms with van der Waals surface area (Å²) in [5, 5.41) is 8.75. The molecule has 2 fully saturated rings. The summed E-state index contributed by atoms with van der Waals surface area (Å²) in [7, 11) is 0. The molecule has 2 aromatic rings. The highest BCUT2D eigenvalue weighted by molar-refractivity contribution is 5.86. The Hall–Kier alpha value is -3.22. The molecule has 0 bridgehead atoms. The van der Waals surface area contributed by atoms with Crippen LogP contribution in [-0.2, 0) is 9.59 Å². The fourth-order valence-corrected chi connectivity index (χ4v) is 4.01. The maximum Gasteiger partial charge on any atom is 0.242 e. The van der Waals surface area contributed by atoms with E-state index in [1.165, 1.54) is 0 Å². The third-order valence-electron chi connectivity index (χ3n) is 6.12. The fraction of sp³-hybridized carbons (Fsp3) is 0.417. The van der Waals surface area contributed by atoms with Crippen molar-refractivity contribution in [3.8, 4) is 11.3 Å². The van der Waals surface area contributed by atoms with Crippen molar-refractivity contribution in [3.63, 3.8) is 0 Å². The maximum atomic E-state index is 12.8. The lowest BCUT2D eigenvalue weighted by molar-refractivity contribution is -0.144. The summed E-state index contributed by atoms with van der Waals surface area (Å²) in [4.78, 5) is 31.0. The van der Waals surface area contributed by atoms with Crippen LogP contribution in [0.25, 0.3) is 11.3 Å². The van der Waals surface area contributed by atoms with Gasteiger partial charge in [-0.1, -0.05) is 42.8 Å². The second-order valence-corrected chi connectivity index (χ2v) is 8.15. The Morgan fingerprint density at radius 1 is 1.03 bits per heavy atom. The number of anilines is 1. The molecule has 162 valence electrons. The molecule has 7 heteroatoms. The van der Waals surface area contributed by atoms with Crippen molar-refractivity contribution in [2.24, 2.45) is 5.92 Å². The number of hydrogen-bond acceptors (Lipinski definition) is 5. The third-order valence-corrected chi connectivity index (χ3v) is 6.12. The summed E-state index contributed by atoms with van der Waals surface area (Å²) in [6.45, 7) is 6.91. The van der Waals surface area contributed by atoms with Gasteiger partial charge in [0.05, 0.1) is 5.69 Å². The minimum atomic E-state index is -0.000293. The van der Waals surface area contributed by atoms with E-state index in [1.54, 1.807) is 11.0 Å². The first-order chi connectivity index (χ1) is 15.2. The van der Waals surface area contributed by atoms with Crippen molar-refractivity contribution in [2.75, 3.05) is 44.2 Å². The van der Waals surface area contributed by atoms with Gasteiger partial charge in [0.2, 0.25) is 11.8 Å². The molecule has 2 aliphatic rings. The predicted molar refractivity (Wildman–Crippen MR) is 120 cm³/mol. The number of rotatable bonds is 7. The highest BCUT2D eigenvalue weighted by Gasteiger charge is 2.31. The quantitative estimate of drug-likeness (QED) is 0.646. The molecule has 1 aliphatic carbocycles. The van der Waals surface area contributed by atoms with Crippen molar-refractivity contribution in [2.45, 2.75) is 19.3 Å². The zero-order valence-electron chi connectivity index (χ0n) is 17.8. The first-order valence-corrected chi connectivity index (χ1v) is 11.0. The molecule has 7 nitrogen and oxygen atoms in total. The first kappa shape index (κ1) is 21.0. The van der Waals surface area contributed by atoms with Gasteiger partial charge in [-0.05, 0) is 25.0 Å². The smallest absolute Gasteiger partial charge is 0.242 e. The lowest BCUT2D eigenvalue weighted by Gasteiger charge is -2.37. The Bertz CT molecular complexity index is 903. The van der Waals surface area contributed by atoms with Crippen LogP contribution in [0.2, 0.25) is 0 Å². The summed E-state index contributed by atoms with van der Waals surface area (Å²) in [6.07, 6.45) is 4.66. The van der Waals surface area contributed by atoms with Crippen molar-refractivity contribution >= 4 is 17.6 Å². The number of amides is 2. The van der Waals surface area contributed by atoms with Crippen LogP contribution in [-0.4, -0.2) is 71.1 Å². The lowest BCUT2D eigenvalue weighted by atomic mass is 9.84. The summed E-state index contributed by atoms with van der Waals surface area (Å²) >= 11 is 0. The molecule has 1 saturated heterocycles. The molecule has 0 spiro atoms. The highest BCUT2D eigenvalue weighted by Crippen LogP contribution is 2.28. The van der Waals surface area contributed by atoms with E-state index in [0.717, 1.165) is 36.3 Å². The minimum absolute atomic E-state index is 0.000293.